The number of ether oxygens (including phenoxy) is 1. The topological polar surface area (TPSA) is 56.3 Å². The summed E-state index contributed by atoms with van der Waals surface area (Å²) >= 11 is 0. The van der Waals surface area contributed by atoms with Crippen molar-refractivity contribution in [1.82, 2.24) is 4.98 Å². The first kappa shape index (κ1) is 20.5. The van der Waals surface area contributed by atoms with E-state index in [1.165, 1.54) is 0 Å². The van der Waals surface area contributed by atoms with E-state index in [-0.39, 0.29) is 5.78 Å². The Morgan fingerprint density at radius 1 is 0.903 bits per heavy atom. The van der Waals surface area contributed by atoms with Crippen LogP contribution in [0.2, 0.25) is 0 Å². The molecule has 1 atom stereocenters. The summed E-state index contributed by atoms with van der Waals surface area (Å²) in [6.45, 7) is 3.80. The smallest absolute Gasteiger partial charge is 0.339 e. The van der Waals surface area contributed by atoms with E-state index in [2.05, 4.69) is 0 Å². The van der Waals surface area contributed by atoms with Crippen LogP contribution in [0.4, 0.5) is 0 Å². The van der Waals surface area contributed by atoms with Crippen molar-refractivity contribution in [2.24, 2.45) is 0 Å². The molecule has 1 heterocycles. The van der Waals surface area contributed by atoms with Crippen molar-refractivity contribution < 1.29 is 14.3 Å². The normalized spacial score (nSPS) is 11.8. The highest BCUT2D eigenvalue weighted by atomic mass is 16.5. The second kappa shape index (κ2) is 8.92. The molecular weight excluding hydrogens is 386 g/mol. The number of fused-ring (bicyclic) bond motifs is 1. The molecule has 0 saturated heterocycles. The van der Waals surface area contributed by atoms with Crippen LogP contribution in [-0.4, -0.2) is 22.8 Å². The maximum Gasteiger partial charge on any atom is 0.339 e. The van der Waals surface area contributed by atoms with Gasteiger partial charge in [-0.15, -0.1) is 0 Å². The Hall–Kier alpha value is -3.79. The number of carbonyl (C=O) groups is 2. The van der Waals surface area contributed by atoms with Crippen molar-refractivity contribution in [3.05, 3.63) is 102 Å². The lowest BCUT2D eigenvalue weighted by molar-refractivity contribution is 0.0279. The van der Waals surface area contributed by atoms with Gasteiger partial charge in [0.25, 0.3) is 0 Å². The Labute approximate surface area is 181 Å². The Kier molecular flexibility index (Phi) is 5.89. The lowest BCUT2D eigenvalue weighted by Gasteiger charge is -2.17. The molecule has 0 radical (unpaired) electrons. The van der Waals surface area contributed by atoms with E-state index in [0.717, 1.165) is 11.1 Å². The van der Waals surface area contributed by atoms with Crippen molar-refractivity contribution >= 4 is 22.7 Å². The van der Waals surface area contributed by atoms with Gasteiger partial charge >= 0.3 is 5.97 Å². The van der Waals surface area contributed by atoms with E-state index in [0.29, 0.717) is 34.1 Å². The van der Waals surface area contributed by atoms with Crippen molar-refractivity contribution in [3.63, 3.8) is 0 Å². The summed E-state index contributed by atoms with van der Waals surface area (Å²) in [5, 5.41) is 0.715. The van der Waals surface area contributed by atoms with Crippen molar-refractivity contribution in [1.29, 1.82) is 0 Å². The van der Waals surface area contributed by atoms with Gasteiger partial charge in [0.2, 0.25) is 5.78 Å². The minimum Gasteiger partial charge on any atom is -0.450 e. The quantitative estimate of drug-likeness (QED) is 0.288. The maximum absolute atomic E-state index is 13.3. The number of nitrogens with zero attached hydrogens (tertiary/aromatic N) is 1. The number of ketones is 1. The van der Waals surface area contributed by atoms with Gasteiger partial charge in [0.05, 0.1) is 16.8 Å². The molecule has 0 unspecified atom stereocenters. The second-order valence-corrected chi connectivity index (χ2v) is 7.47. The number of aromatic nitrogens is 1. The number of carbonyl (C=O) groups excluding carboxylic acids is 2. The molecule has 4 nitrogen and oxygen atoms in total. The molecule has 4 heteroatoms. The summed E-state index contributed by atoms with van der Waals surface area (Å²) in [5.74, 6) is -0.722. The van der Waals surface area contributed by atoms with E-state index in [9.17, 15) is 9.59 Å². The van der Waals surface area contributed by atoms with Gasteiger partial charge < -0.3 is 4.74 Å². The van der Waals surface area contributed by atoms with E-state index in [1.807, 2.05) is 68.4 Å². The molecular formula is C27H23NO3. The van der Waals surface area contributed by atoms with Crippen LogP contribution in [0.3, 0.4) is 0 Å². The summed E-state index contributed by atoms with van der Waals surface area (Å²) < 4.78 is 5.72. The SMILES string of the molecule is CC[C@@H](OC(=O)c1cc(-c2ccccc2)nc2ccc(C)cc12)C(=O)c1ccccc1. The largest absolute Gasteiger partial charge is 0.450 e. The van der Waals surface area contributed by atoms with E-state index >= 15 is 0 Å². The van der Waals surface area contributed by atoms with Crippen LogP contribution in [0.25, 0.3) is 22.2 Å². The lowest BCUT2D eigenvalue weighted by atomic mass is 10.0. The van der Waals surface area contributed by atoms with Gasteiger partial charge in [-0.2, -0.15) is 0 Å². The van der Waals surface area contributed by atoms with Crippen LogP contribution in [0.15, 0.2) is 84.9 Å². The molecule has 0 bridgehead atoms. The molecule has 4 rings (SSSR count). The van der Waals surface area contributed by atoms with Crippen LogP contribution >= 0.6 is 0 Å². The molecule has 0 amide bonds. The predicted octanol–water partition coefficient (Wildman–Crippen LogP) is 6.03. The number of hydrogen-bond donors (Lipinski definition) is 0. The average molecular weight is 409 g/mol. The fraction of sp³-hybridized carbons (Fsp3) is 0.148. The number of aryl methyl sites for hydroxylation is 1. The van der Waals surface area contributed by atoms with Gasteiger partial charge in [-0.1, -0.05) is 79.2 Å². The highest BCUT2D eigenvalue weighted by molar-refractivity contribution is 6.07. The summed E-state index contributed by atoms with van der Waals surface area (Å²) in [6, 6.07) is 26.1. The number of Topliss-reactive ketones (excluding diaryl/α,β-unsaturated/α-hetero) is 1. The molecule has 154 valence electrons. The van der Waals surface area contributed by atoms with Crippen LogP contribution in [0.5, 0.6) is 0 Å². The molecule has 31 heavy (non-hydrogen) atoms. The van der Waals surface area contributed by atoms with E-state index in [4.69, 9.17) is 9.72 Å². The third-order valence-electron chi connectivity index (χ3n) is 5.22. The van der Waals surface area contributed by atoms with Gasteiger partial charge in [0.15, 0.2) is 6.10 Å². The number of benzene rings is 3. The van der Waals surface area contributed by atoms with Gasteiger partial charge in [0, 0.05) is 16.5 Å². The molecule has 0 aliphatic rings. The molecule has 1 aromatic heterocycles. The minimum absolute atomic E-state index is 0.200. The van der Waals surface area contributed by atoms with Crippen LogP contribution in [0, 0.1) is 6.92 Å². The first-order chi connectivity index (χ1) is 15.1. The van der Waals surface area contributed by atoms with E-state index < -0.39 is 12.1 Å². The summed E-state index contributed by atoms with van der Waals surface area (Å²) in [6.07, 6.45) is -0.448. The fourth-order valence-corrected chi connectivity index (χ4v) is 3.57. The standard InChI is InChI=1S/C27H23NO3/c1-3-25(26(29)20-12-8-5-9-13-20)31-27(30)22-17-24(19-10-6-4-7-11-19)28-23-15-14-18(2)16-21(22)23/h4-17,25H,3H2,1-2H3/t25-/m1/s1. The highest BCUT2D eigenvalue weighted by Crippen LogP contribution is 2.27. The van der Waals surface area contributed by atoms with Gasteiger partial charge in [-0.25, -0.2) is 9.78 Å². The van der Waals surface area contributed by atoms with Crippen molar-refractivity contribution in [2.45, 2.75) is 26.4 Å². The van der Waals surface area contributed by atoms with Gasteiger partial charge in [0.1, 0.15) is 0 Å². The monoisotopic (exact) mass is 409 g/mol. The number of esters is 1. The molecule has 0 saturated carbocycles. The van der Waals surface area contributed by atoms with Gasteiger partial charge in [-0.3, -0.25) is 4.79 Å². The van der Waals surface area contributed by atoms with Crippen LogP contribution in [0.1, 0.15) is 39.6 Å². The third-order valence-corrected chi connectivity index (χ3v) is 5.22. The number of pyridine rings is 1. The van der Waals surface area contributed by atoms with E-state index in [1.54, 1.807) is 30.3 Å². The summed E-state index contributed by atoms with van der Waals surface area (Å²) in [5.41, 5.74) is 4.26. The molecule has 0 spiro atoms. The zero-order valence-electron chi connectivity index (χ0n) is 17.5. The third kappa shape index (κ3) is 4.38. The maximum atomic E-state index is 13.3. The first-order valence-corrected chi connectivity index (χ1v) is 10.3. The first-order valence-electron chi connectivity index (χ1n) is 10.3. The molecule has 4 aromatic rings. The zero-order valence-corrected chi connectivity index (χ0v) is 17.5. The second-order valence-electron chi connectivity index (χ2n) is 7.47. The Bertz CT molecular complexity index is 1230. The summed E-state index contributed by atoms with van der Waals surface area (Å²) in [4.78, 5) is 30.9. The fourth-order valence-electron chi connectivity index (χ4n) is 3.57. The minimum atomic E-state index is -0.844. The average Bonchev–Trinajstić information content (AvgIpc) is 2.82. The molecule has 0 N–H and O–H groups in total. The Balaban J connectivity index is 1.74. The zero-order chi connectivity index (χ0) is 21.8. The molecule has 0 aliphatic heterocycles. The highest BCUT2D eigenvalue weighted by Gasteiger charge is 2.25. The van der Waals surface area contributed by atoms with Crippen LogP contribution < -0.4 is 0 Å². The number of hydrogen-bond acceptors (Lipinski definition) is 4. The lowest BCUT2D eigenvalue weighted by Crippen LogP contribution is -2.27. The van der Waals surface area contributed by atoms with Crippen molar-refractivity contribution in [2.75, 3.05) is 0 Å². The number of rotatable bonds is 6. The summed E-state index contributed by atoms with van der Waals surface area (Å²) in [7, 11) is 0. The molecule has 0 fully saturated rings. The van der Waals surface area contributed by atoms with Gasteiger partial charge in [-0.05, 0) is 31.5 Å². The predicted molar refractivity (Wildman–Crippen MR) is 122 cm³/mol. The van der Waals surface area contributed by atoms with Crippen molar-refractivity contribution in [3.8, 4) is 11.3 Å². The Morgan fingerprint density at radius 2 is 1.58 bits per heavy atom. The van der Waals surface area contributed by atoms with Crippen LogP contribution in [-0.2, 0) is 4.74 Å². The molecule has 3 aromatic carbocycles. The Morgan fingerprint density at radius 3 is 2.26 bits per heavy atom. The molecule has 0 aliphatic carbocycles.